The Morgan fingerprint density at radius 1 is 1.11 bits per heavy atom. The van der Waals surface area contributed by atoms with Gasteiger partial charge in [0.25, 0.3) is 5.91 Å². The van der Waals surface area contributed by atoms with Gasteiger partial charge in [-0.1, -0.05) is 29.8 Å². The molecule has 0 radical (unpaired) electrons. The van der Waals surface area contributed by atoms with Crippen molar-refractivity contribution in [1.82, 2.24) is 4.90 Å². The second-order valence-electron chi connectivity index (χ2n) is 8.45. The molecule has 1 N–H and O–H groups in total. The Kier molecular flexibility index (Phi) is 8.21. The van der Waals surface area contributed by atoms with Crippen molar-refractivity contribution < 1.29 is 24.2 Å². The van der Waals surface area contributed by atoms with E-state index in [9.17, 15) is 14.7 Å². The standard InChI is InChI=1S/C28H25ClN2O5S/c1-17(2)36-24-13-6-19(14-23(24)29)15-25-26(32)31(16-18-4-7-20(8-5-18)27(33)34)28(37-25)30-21-9-11-22(35-3)12-10-21/h4-15,17H,16H2,1-3H3,(H,33,34)/b25-15-,30-28?. The lowest BCUT2D eigenvalue weighted by molar-refractivity contribution is -0.122. The molecule has 3 aromatic rings. The van der Waals surface area contributed by atoms with Gasteiger partial charge in [-0.2, -0.15) is 0 Å². The first kappa shape index (κ1) is 26.3. The first-order valence-corrected chi connectivity index (χ1v) is 12.7. The molecule has 1 aliphatic rings. The smallest absolute Gasteiger partial charge is 0.335 e. The average Bonchev–Trinajstić information content (AvgIpc) is 3.15. The number of carboxylic acids is 1. The number of rotatable bonds is 8. The van der Waals surface area contributed by atoms with Gasteiger partial charge in [0.1, 0.15) is 11.5 Å². The number of hydrogen-bond donors (Lipinski definition) is 1. The zero-order valence-electron chi connectivity index (χ0n) is 20.5. The van der Waals surface area contributed by atoms with Crippen LogP contribution in [0.4, 0.5) is 5.69 Å². The van der Waals surface area contributed by atoms with Crippen LogP contribution in [0.2, 0.25) is 5.02 Å². The van der Waals surface area contributed by atoms with Gasteiger partial charge in [0.15, 0.2) is 5.17 Å². The summed E-state index contributed by atoms with van der Waals surface area (Å²) in [7, 11) is 1.59. The maximum absolute atomic E-state index is 13.5. The molecule has 0 aromatic heterocycles. The van der Waals surface area contributed by atoms with Crippen molar-refractivity contribution in [3.05, 3.63) is 93.3 Å². The van der Waals surface area contributed by atoms with E-state index in [1.807, 2.05) is 32.0 Å². The zero-order valence-corrected chi connectivity index (χ0v) is 22.0. The van der Waals surface area contributed by atoms with E-state index in [4.69, 9.17) is 26.1 Å². The molecule has 1 aliphatic heterocycles. The maximum Gasteiger partial charge on any atom is 0.335 e. The predicted molar refractivity (Wildman–Crippen MR) is 147 cm³/mol. The Bertz CT molecular complexity index is 1370. The Labute approximate surface area is 224 Å². The van der Waals surface area contributed by atoms with Gasteiger partial charge in [-0.15, -0.1) is 0 Å². The van der Waals surface area contributed by atoms with Crippen LogP contribution in [0.5, 0.6) is 11.5 Å². The molecule has 0 saturated carbocycles. The van der Waals surface area contributed by atoms with E-state index >= 15 is 0 Å². The monoisotopic (exact) mass is 536 g/mol. The van der Waals surface area contributed by atoms with Crippen LogP contribution in [-0.2, 0) is 11.3 Å². The third kappa shape index (κ3) is 6.53. The lowest BCUT2D eigenvalue weighted by atomic mass is 10.1. The number of thioether (sulfide) groups is 1. The number of carboxylic acid groups (broad SMARTS) is 1. The van der Waals surface area contributed by atoms with Crippen LogP contribution in [-0.4, -0.2) is 40.3 Å². The van der Waals surface area contributed by atoms with Crippen molar-refractivity contribution in [3.63, 3.8) is 0 Å². The highest BCUT2D eigenvalue weighted by Crippen LogP contribution is 2.36. The van der Waals surface area contributed by atoms with Crippen molar-refractivity contribution >= 4 is 52.2 Å². The molecule has 37 heavy (non-hydrogen) atoms. The molecule has 7 nitrogen and oxygen atoms in total. The first-order valence-electron chi connectivity index (χ1n) is 11.5. The van der Waals surface area contributed by atoms with E-state index in [0.717, 1.165) is 11.1 Å². The minimum Gasteiger partial charge on any atom is -0.497 e. The molecule has 1 saturated heterocycles. The third-order valence-electron chi connectivity index (χ3n) is 5.34. The molecule has 1 fully saturated rings. The lowest BCUT2D eigenvalue weighted by Gasteiger charge is -2.16. The lowest BCUT2D eigenvalue weighted by Crippen LogP contribution is -2.28. The van der Waals surface area contributed by atoms with Gasteiger partial charge in [-0.3, -0.25) is 9.69 Å². The number of benzene rings is 3. The Balaban J connectivity index is 1.66. The number of carbonyl (C=O) groups excluding carboxylic acids is 1. The van der Waals surface area contributed by atoms with Crippen molar-refractivity contribution in [3.8, 4) is 11.5 Å². The van der Waals surface area contributed by atoms with Crippen molar-refractivity contribution in [2.45, 2.75) is 26.5 Å². The van der Waals surface area contributed by atoms with Crippen molar-refractivity contribution in [2.24, 2.45) is 4.99 Å². The molecule has 4 rings (SSSR count). The summed E-state index contributed by atoms with van der Waals surface area (Å²) in [6.45, 7) is 4.08. The normalized spacial score (nSPS) is 15.6. The highest BCUT2D eigenvalue weighted by molar-refractivity contribution is 8.18. The fourth-order valence-electron chi connectivity index (χ4n) is 3.54. The van der Waals surface area contributed by atoms with Crippen LogP contribution in [0.25, 0.3) is 6.08 Å². The molecule has 0 spiro atoms. The summed E-state index contributed by atoms with van der Waals surface area (Å²) < 4.78 is 10.9. The molecule has 9 heteroatoms. The minimum absolute atomic E-state index is 0.0106. The summed E-state index contributed by atoms with van der Waals surface area (Å²) >= 11 is 7.66. The van der Waals surface area contributed by atoms with Crippen LogP contribution in [0.15, 0.2) is 76.6 Å². The molecule has 1 heterocycles. The van der Waals surface area contributed by atoms with Crippen molar-refractivity contribution in [2.75, 3.05) is 7.11 Å². The fourth-order valence-corrected chi connectivity index (χ4v) is 4.77. The zero-order chi connectivity index (χ0) is 26.5. The predicted octanol–water partition coefficient (Wildman–Crippen LogP) is 6.64. The Hall–Kier alpha value is -3.75. The van der Waals surface area contributed by atoms with Crippen LogP contribution < -0.4 is 9.47 Å². The minimum atomic E-state index is -1.00. The van der Waals surface area contributed by atoms with Gasteiger partial charge < -0.3 is 14.6 Å². The summed E-state index contributed by atoms with van der Waals surface area (Å²) in [6, 6.07) is 19.0. The topological polar surface area (TPSA) is 88.4 Å². The second-order valence-corrected chi connectivity index (χ2v) is 9.87. The van der Waals surface area contributed by atoms with Gasteiger partial charge >= 0.3 is 5.97 Å². The van der Waals surface area contributed by atoms with E-state index in [1.54, 1.807) is 54.5 Å². The second kappa shape index (κ2) is 11.5. The molecule has 0 atom stereocenters. The SMILES string of the molecule is COc1ccc(N=C2S/C(=C\c3ccc(OC(C)C)c(Cl)c3)C(=O)N2Cc2ccc(C(=O)O)cc2)cc1. The number of aromatic carboxylic acids is 1. The number of halogens is 1. The van der Waals surface area contributed by atoms with E-state index in [1.165, 1.54) is 23.9 Å². The molecule has 0 unspecified atom stereocenters. The maximum atomic E-state index is 13.5. The average molecular weight is 537 g/mol. The van der Waals surface area contributed by atoms with Crippen LogP contribution in [0.3, 0.4) is 0 Å². The van der Waals surface area contributed by atoms with Gasteiger partial charge in [0, 0.05) is 0 Å². The van der Waals surface area contributed by atoms with Crippen LogP contribution >= 0.6 is 23.4 Å². The number of ether oxygens (including phenoxy) is 2. The van der Waals surface area contributed by atoms with Crippen LogP contribution in [0, 0.1) is 0 Å². The van der Waals surface area contributed by atoms with Gasteiger partial charge in [0.05, 0.1) is 40.9 Å². The van der Waals surface area contributed by atoms with Gasteiger partial charge in [-0.25, -0.2) is 9.79 Å². The third-order valence-corrected chi connectivity index (χ3v) is 6.65. The fraction of sp³-hybridized carbons (Fsp3) is 0.179. The van der Waals surface area contributed by atoms with Gasteiger partial charge in [-0.05, 0) is 91.3 Å². The number of hydrogen-bond acceptors (Lipinski definition) is 6. The highest BCUT2D eigenvalue weighted by atomic mass is 35.5. The summed E-state index contributed by atoms with van der Waals surface area (Å²) in [5.41, 5.74) is 2.39. The number of nitrogens with zero attached hydrogens (tertiary/aromatic N) is 2. The summed E-state index contributed by atoms with van der Waals surface area (Å²) in [5, 5.41) is 10.1. The molecule has 1 amide bonds. The quantitative estimate of drug-likeness (QED) is 0.325. The molecule has 190 valence electrons. The Morgan fingerprint density at radius 2 is 1.81 bits per heavy atom. The van der Waals surface area contributed by atoms with Crippen LogP contribution in [0.1, 0.15) is 35.3 Å². The molecule has 0 bridgehead atoms. The van der Waals surface area contributed by atoms with E-state index in [-0.39, 0.29) is 24.1 Å². The highest BCUT2D eigenvalue weighted by Gasteiger charge is 2.33. The number of methoxy groups -OCH3 is 1. The summed E-state index contributed by atoms with van der Waals surface area (Å²) in [4.78, 5) is 31.5. The van der Waals surface area contributed by atoms with E-state index < -0.39 is 5.97 Å². The first-order chi connectivity index (χ1) is 17.7. The number of amides is 1. The van der Waals surface area contributed by atoms with Gasteiger partial charge in [0.2, 0.25) is 0 Å². The molecular formula is C28H25ClN2O5S. The number of amidine groups is 1. The molecule has 3 aromatic carbocycles. The number of aliphatic imine (C=N–C) groups is 1. The van der Waals surface area contributed by atoms with E-state index in [0.29, 0.717) is 32.3 Å². The summed E-state index contributed by atoms with van der Waals surface area (Å²) in [6.07, 6.45) is 1.76. The largest absolute Gasteiger partial charge is 0.497 e. The van der Waals surface area contributed by atoms with Crippen molar-refractivity contribution in [1.29, 1.82) is 0 Å². The number of carbonyl (C=O) groups is 2. The summed E-state index contributed by atoms with van der Waals surface area (Å²) in [5.74, 6) is 0.0715. The Morgan fingerprint density at radius 3 is 2.41 bits per heavy atom. The van der Waals surface area contributed by atoms with E-state index in [2.05, 4.69) is 0 Å². The molecular weight excluding hydrogens is 512 g/mol. The molecule has 0 aliphatic carbocycles.